The summed E-state index contributed by atoms with van der Waals surface area (Å²) in [5, 5.41) is 10.9. The van der Waals surface area contributed by atoms with E-state index in [9.17, 15) is 19.5 Å². The maximum Gasteiger partial charge on any atom is 0.334 e. The van der Waals surface area contributed by atoms with Gasteiger partial charge in [0.2, 0.25) is 0 Å². The second-order valence-corrected chi connectivity index (χ2v) is 6.95. The van der Waals surface area contributed by atoms with E-state index in [1.807, 2.05) is 0 Å². The molecule has 0 aromatic carbocycles. The fraction of sp³-hybridized carbons (Fsp3) is 0.450. The minimum absolute atomic E-state index is 0.0970. The first-order chi connectivity index (χ1) is 12.1. The number of aliphatic hydroxyl groups is 1. The Morgan fingerprint density at radius 1 is 1.42 bits per heavy atom. The van der Waals surface area contributed by atoms with Gasteiger partial charge < -0.3 is 14.6 Å². The van der Waals surface area contributed by atoms with Crippen molar-refractivity contribution in [1.82, 2.24) is 0 Å². The summed E-state index contributed by atoms with van der Waals surface area (Å²) in [4.78, 5) is 35.9. The van der Waals surface area contributed by atoms with Crippen LogP contribution in [-0.2, 0) is 23.9 Å². The van der Waals surface area contributed by atoms with Gasteiger partial charge in [0.15, 0.2) is 0 Å². The van der Waals surface area contributed by atoms with E-state index in [1.54, 1.807) is 26.8 Å². The normalized spacial score (nSPS) is 36.8. The third-order valence-electron chi connectivity index (χ3n) is 5.55. The van der Waals surface area contributed by atoms with Crippen molar-refractivity contribution in [1.29, 1.82) is 0 Å². The van der Waals surface area contributed by atoms with Gasteiger partial charge in [-0.1, -0.05) is 32.2 Å². The first-order valence-corrected chi connectivity index (χ1v) is 8.33. The number of rotatable bonds is 5. The van der Waals surface area contributed by atoms with E-state index in [1.165, 1.54) is 6.08 Å². The summed E-state index contributed by atoms with van der Waals surface area (Å²) in [6.45, 7) is 16.2. The van der Waals surface area contributed by atoms with Crippen molar-refractivity contribution in [2.24, 2.45) is 17.3 Å². The van der Waals surface area contributed by atoms with Crippen LogP contribution < -0.4 is 0 Å². The lowest BCUT2D eigenvalue weighted by atomic mass is 9.57. The molecule has 1 aliphatic carbocycles. The lowest BCUT2D eigenvalue weighted by molar-refractivity contribution is -0.182. The largest absolute Gasteiger partial charge is 0.458 e. The van der Waals surface area contributed by atoms with Gasteiger partial charge in [-0.05, 0) is 19.4 Å². The fourth-order valence-corrected chi connectivity index (χ4v) is 3.76. The molecule has 0 spiro atoms. The number of fused-ring (bicyclic) bond motifs is 1. The molecule has 0 aromatic rings. The van der Waals surface area contributed by atoms with Crippen LogP contribution in [0.1, 0.15) is 20.8 Å². The molecule has 0 unspecified atom stereocenters. The second kappa shape index (κ2) is 7.03. The number of ether oxygens (including phenoxy) is 2. The van der Waals surface area contributed by atoms with Crippen LogP contribution in [0.5, 0.6) is 0 Å². The van der Waals surface area contributed by atoms with Crippen molar-refractivity contribution in [3.8, 4) is 0 Å². The first-order valence-electron chi connectivity index (χ1n) is 8.33. The molecule has 1 aliphatic heterocycles. The van der Waals surface area contributed by atoms with E-state index in [2.05, 4.69) is 19.7 Å². The summed E-state index contributed by atoms with van der Waals surface area (Å²) in [6, 6.07) is 0. The van der Waals surface area contributed by atoms with E-state index in [0.29, 0.717) is 11.9 Å². The molecule has 6 atom stereocenters. The number of allylic oxidation sites excluding steroid dienone is 1. The van der Waals surface area contributed by atoms with E-state index in [-0.39, 0.29) is 11.1 Å². The van der Waals surface area contributed by atoms with Crippen LogP contribution in [0.4, 0.5) is 0 Å². The second-order valence-electron chi connectivity index (χ2n) is 6.95. The minimum atomic E-state index is -1.16. The SMILES string of the molecule is C=C[C@]1(C)[C@H](O)[C@@H]2OC(=O)C(=C)[C@H]2[C@@H](OC(=O)/C(C)=C\C)[C@H]1C(=C)C=O. The van der Waals surface area contributed by atoms with Crippen LogP contribution in [0, 0.1) is 17.3 Å². The highest BCUT2D eigenvalue weighted by molar-refractivity contribution is 5.92. The van der Waals surface area contributed by atoms with Crippen LogP contribution in [0.25, 0.3) is 0 Å². The molecule has 1 saturated heterocycles. The number of aliphatic hydroxyl groups excluding tert-OH is 1. The maximum absolute atomic E-state index is 12.4. The summed E-state index contributed by atoms with van der Waals surface area (Å²) in [6.07, 6.45) is 0.573. The van der Waals surface area contributed by atoms with Gasteiger partial charge in [0, 0.05) is 22.5 Å². The van der Waals surface area contributed by atoms with Crippen LogP contribution in [0.2, 0.25) is 0 Å². The van der Waals surface area contributed by atoms with Crippen molar-refractivity contribution in [3.05, 3.63) is 48.6 Å². The highest BCUT2D eigenvalue weighted by Crippen LogP contribution is 2.53. The predicted octanol–water partition coefficient (Wildman–Crippen LogP) is 1.90. The molecule has 0 radical (unpaired) electrons. The topological polar surface area (TPSA) is 89.9 Å². The van der Waals surface area contributed by atoms with Crippen LogP contribution in [-0.4, -0.2) is 41.6 Å². The molecule has 2 fully saturated rings. The van der Waals surface area contributed by atoms with Crippen molar-refractivity contribution >= 4 is 18.2 Å². The zero-order chi connectivity index (χ0) is 19.8. The Balaban J connectivity index is 2.61. The van der Waals surface area contributed by atoms with Gasteiger partial charge in [0.1, 0.15) is 24.6 Å². The quantitative estimate of drug-likeness (QED) is 0.349. The average molecular weight is 360 g/mol. The zero-order valence-electron chi connectivity index (χ0n) is 15.2. The molecule has 140 valence electrons. The van der Waals surface area contributed by atoms with E-state index in [4.69, 9.17) is 9.47 Å². The third-order valence-corrected chi connectivity index (χ3v) is 5.55. The van der Waals surface area contributed by atoms with E-state index >= 15 is 0 Å². The first kappa shape index (κ1) is 19.8. The van der Waals surface area contributed by atoms with Crippen LogP contribution in [0.3, 0.4) is 0 Å². The monoisotopic (exact) mass is 360 g/mol. The van der Waals surface area contributed by atoms with E-state index < -0.39 is 47.5 Å². The maximum atomic E-state index is 12.4. The molecule has 1 saturated carbocycles. The Labute approximate surface area is 152 Å². The number of aldehydes is 1. The zero-order valence-corrected chi connectivity index (χ0v) is 15.2. The van der Waals surface area contributed by atoms with Gasteiger partial charge in [-0.2, -0.15) is 0 Å². The summed E-state index contributed by atoms with van der Waals surface area (Å²) in [7, 11) is 0. The molecular weight excluding hydrogens is 336 g/mol. The summed E-state index contributed by atoms with van der Waals surface area (Å²) >= 11 is 0. The van der Waals surface area contributed by atoms with Crippen molar-refractivity contribution in [2.45, 2.75) is 39.1 Å². The fourth-order valence-electron chi connectivity index (χ4n) is 3.76. The lowest BCUT2D eigenvalue weighted by Gasteiger charge is -2.51. The van der Waals surface area contributed by atoms with E-state index in [0.717, 1.165) is 0 Å². The third kappa shape index (κ3) is 2.84. The molecular formula is C20H24O6. The summed E-state index contributed by atoms with van der Waals surface area (Å²) in [5.74, 6) is -2.81. The molecule has 2 aliphatic rings. The molecule has 6 heteroatoms. The van der Waals surface area contributed by atoms with Gasteiger partial charge in [-0.3, -0.25) is 4.79 Å². The van der Waals surface area contributed by atoms with Crippen LogP contribution >= 0.6 is 0 Å². The molecule has 0 bridgehead atoms. The van der Waals surface area contributed by atoms with Gasteiger partial charge in [0.25, 0.3) is 0 Å². The molecule has 1 N–H and O–H groups in total. The van der Waals surface area contributed by atoms with Gasteiger partial charge in [0.05, 0.1) is 5.92 Å². The van der Waals surface area contributed by atoms with Gasteiger partial charge in [-0.15, -0.1) is 6.58 Å². The standard InChI is InChI=1S/C20H24O6/c1-7-10(3)18(23)25-15-13-12(5)19(24)26-16(13)17(22)20(6,8-2)14(15)11(4)9-21/h7-9,13-17,22H,2,4-5H2,1,3,6H3/b10-7-/t13-,14+,15+,16+,17+,20-/m0/s1. The molecule has 1 heterocycles. The predicted molar refractivity (Wildman–Crippen MR) is 94.8 cm³/mol. The van der Waals surface area contributed by atoms with Gasteiger partial charge in [-0.25, -0.2) is 9.59 Å². The lowest BCUT2D eigenvalue weighted by Crippen LogP contribution is -2.60. The minimum Gasteiger partial charge on any atom is -0.458 e. The smallest absolute Gasteiger partial charge is 0.334 e. The Kier molecular flexibility index (Phi) is 5.37. The van der Waals surface area contributed by atoms with Gasteiger partial charge >= 0.3 is 11.9 Å². The Morgan fingerprint density at radius 3 is 2.54 bits per heavy atom. The van der Waals surface area contributed by atoms with Crippen molar-refractivity contribution < 1.29 is 29.0 Å². The molecule has 2 rings (SSSR count). The molecule has 0 amide bonds. The average Bonchev–Trinajstić information content (AvgIpc) is 2.93. The summed E-state index contributed by atoms with van der Waals surface area (Å²) < 4.78 is 11.0. The van der Waals surface area contributed by atoms with Crippen molar-refractivity contribution in [2.75, 3.05) is 0 Å². The Hall–Kier alpha value is -2.47. The Bertz CT molecular complexity index is 718. The van der Waals surface area contributed by atoms with Crippen LogP contribution in [0.15, 0.2) is 48.6 Å². The number of carbonyl (C=O) groups excluding carboxylic acids is 3. The number of hydrogen-bond donors (Lipinski definition) is 1. The molecule has 6 nitrogen and oxygen atoms in total. The highest BCUT2D eigenvalue weighted by Gasteiger charge is 2.63. The number of hydrogen-bond acceptors (Lipinski definition) is 6. The highest BCUT2D eigenvalue weighted by atomic mass is 16.6. The summed E-state index contributed by atoms with van der Waals surface area (Å²) in [5.41, 5.74) is -0.495. The number of carbonyl (C=O) groups is 3. The Morgan fingerprint density at radius 2 is 2.04 bits per heavy atom. The molecule has 0 aromatic heterocycles. The molecule has 26 heavy (non-hydrogen) atoms. The number of esters is 2. The van der Waals surface area contributed by atoms with Crippen molar-refractivity contribution in [3.63, 3.8) is 0 Å².